The Morgan fingerprint density at radius 3 is 2.53 bits per heavy atom. The zero-order chi connectivity index (χ0) is 20.4. The number of hydrogen-bond donors (Lipinski definition) is 1. The van der Waals surface area contributed by atoms with Crippen molar-refractivity contribution in [3.8, 4) is 5.69 Å². The van der Waals surface area contributed by atoms with Gasteiger partial charge in [-0.05, 0) is 42.6 Å². The highest BCUT2D eigenvalue weighted by Crippen LogP contribution is 2.51. The summed E-state index contributed by atoms with van der Waals surface area (Å²) in [5.74, 6) is 0.401. The number of allylic oxidation sites excluding steroid dienone is 1. The third-order valence-corrected chi connectivity index (χ3v) is 6.72. The van der Waals surface area contributed by atoms with E-state index in [9.17, 15) is 9.18 Å². The van der Waals surface area contributed by atoms with Crippen molar-refractivity contribution in [1.29, 1.82) is 0 Å². The fraction of sp³-hybridized carbons (Fsp3) is 0.0833. The molecule has 6 heteroatoms. The number of carbonyl (C=O) groups excluding carboxylic acids is 1. The molecule has 0 saturated heterocycles. The second-order valence-corrected chi connectivity index (χ2v) is 8.45. The SMILES string of the molecule is Cc1nn(-c2ccc(F)cc2)c2c1[C@@H](c1cccs1)C1=C(N2)c2ccccc2C1=O. The number of carbonyl (C=O) groups is 1. The maximum atomic E-state index is 13.5. The van der Waals surface area contributed by atoms with Gasteiger partial charge in [-0.1, -0.05) is 30.3 Å². The molecule has 2 aromatic carbocycles. The first-order valence-electron chi connectivity index (χ1n) is 9.67. The third kappa shape index (κ3) is 2.31. The van der Waals surface area contributed by atoms with Crippen LogP contribution in [0.25, 0.3) is 11.4 Å². The summed E-state index contributed by atoms with van der Waals surface area (Å²) in [5, 5.41) is 10.3. The molecule has 0 spiro atoms. The highest BCUT2D eigenvalue weighted by atomic mass is 32.1. The second kappa shape index (κ2) is 6.24. The van der Waals surface area contributed by atoms with Gasteiger partial charge in [0, 0.05) is 27.1 Å². The minimum atomic E-state index is -0.291. The van der Waals surface area contributed by atoms with Crippen molar-refractivity contribution in [2.45, 2.75) is 12.8 Å². The second-order valence-electron chi connectivity index (χ2n) is 7.47. The summed E-state index contributed by atoms with van der Waals surface area (Å²) in [6, 6.07) is 18.1. The van der Waals surface area contributed by atoms with Gasteiger partial charge in [-0.15, -0.1) is 11.3 Å². The van der Waals surface area contributed by atoms with Crippen LogP contribution in [0.15, 0.2) is 71.6 Å². The zero-order valence-corrected chi connectivity index (χ0v) is 16.8. The van der Waals surface area contributed by atoms with Crippen LogP contribution in [-0.4, -0.2) is 15.6 Å². The average molecular weight is 413 g/mol. The lowest BCUT2D eigenvalue weighted by molar-refractivity contribution is 0.103. The van der Waals surface area contributed by atoms with Crippen molar-refractivity contribution in [2.75, 3.05) is 5.32 Å². The molecular weight excluding hydrogens is 397 g/mol. The molecule has 1 atom stereocenters. The van der Waals surface area contributed by atoms with E-state index >= 15 is 0 Å². The highest BCUT2D eigenvalue weighted by Gasteiger charge is 2.43. The molecule has 30 heavy (non-hydrogen) atoms. The molecule has 4 nitrogen and oxygen atoms in total. The van der Waals surface area contributed by atoms with Gasteiger partial charge < -0.3 is 5.32 Å². The molecule has 0 unspecified atom stereocenters. The number of halogens is 1. The van der Waals surface area contributed by atoms with E-state index in [0.29, 0.717) is 0 Å². The minimum absolute atomic E-state index is 0.0612. The van der Waals surface area contributed by atoms with Crippen LogP contribution in [0.4, 0.5) is 10.2 Å². The minimum Gasteiger partial charge on any atom is -0.339 e. The lowest BCUT2D eigenvalue weighted by atomic mass is 9.85. The van der Waals surface area contributed by atoms with E-state index in [-0.39, 0.29) is 17.5 Å². The molecule has 0 saturated carbocycles. The molecule has 146 valence electrons. The van der Waals surface area contributed by atoms with Crippen molar-refractivity contribution in [3.63, 3.8) is 0 Å². The Morgan fingerprint density at radius 2 is 1.80 bits per heavy atom. The molecule has 1 N–H and O–H groups in total. The number of anilines is 1. The Hall–Kier alpha value is -3.51. The maximum absolute atomic E-state index is 13.5. The number of nitrogens with one attached hydrogen (secondary N) is 1. The van der Waals surface area contributed by atoms with Crippen LogP contribution in [0.2, 0.25) is 0 Å². The van der Waals surface area contributed by atoms with Crippen molar-refractivity contribution >= 4 is 28.6 Å². The zero-order valence-electron chi connectivity index (χ0n) is 16.0. The molecule has 4 aromatic rings. The van der Waals surface area contributed by atoms with E-state index in [2.05, 4.69) is 11.4 Å². The van der Waals surface area contributed by atoms with Crippen molar-refractivity contribution in [3.05, 3.63) is 105 Å². The van der Waals surface area contributed by atoms with Gasteiger partial charge in [-0.3, -0.25) is 4.79 Å². The number of thiophene rings is 1. The van der Waals surface area contributed by atoms with Crippen LogP contribution in [-0.2, 0) is 0 Å². The van der Waals surface area contributed by atoms with Gasteiger partial charge in [-0.25, -0.2) is 9.07 Å². The van der Waals surface area contributed by atoms with Gasteiger partial charge >= 0.3 is 0 Å². The smallest absolute Gasteiger partial charge is 0.192 e. The molecule has 3 heterocycles. The molecule has 2 aromatic heterocycles. The van der Waals surface area contributed by atoms with Crippen molar-refractivity contribution < 1.29 is 9.18 Å². The van der Waals surface area contributed by atoms with Crippen LogP contribution >= 0.6 is 11.3 Å². The number of ketones is 1. The Labute approximate surface area is 176 Å². The highest BCUT2D eigenvalue weighted by molar-refractivity contribution is 7.10. The van der Waals surface area contributed by atoms with E-state index in [1.807, 2.05) is 42.6 Å². The molecule has 1 aliphatic carbocycles. The topological polar surface area (TPSA) is 46.9 Å². The average Bonchev–Trinajstić information content (AvgIpc) is 3.47. The molecule has 6 rings (SSSR count). The Morgan fingerprint density at radius 1 is 1.03 bits per heavy atom. The molecule has 0 radical (unpaired) electrons. The van der Waals surface area contributed by atoms with Gasteiger partial charge in [0.05, 0.1) is 23.0 Å². The number of Topliss-reactive ketones (excluding diaryl/α,β-unsaturated/α-hetero) is 1. The number of aryl methyl sites for hydroxylation is 1. The summed E-state index contributed by atoms with van der Waals surface area (Å²) in [5.41, 5.74) is 5.84. The van der Waals surface area contributed by atoms with Gasteiger partial charge in [0.15, 0.2) is 5.78 Å². The number of nitrogens with zero attached hydrogens (tertiary/aromatic N) is 2. The number of hydrogen-bond acceptors (Lipinski definition) is 4. The van der Waals surface area contributed by atoms with E-state index in [1.165, 1.54) is 12.1 Å². The monoisotopic (exact) mass is 413 g/mol. The van der Waals surface area contributed by atoms with Gasteiger partial charge in [-0.2, -0.15) is 5.10 Å². The first-order valence-corrected chi connectivity index (χ1v) is 10.6. The summed E-state index contributed by atoms with van der Waals surface area (Å²) in [6.07, 6.45) is 0. The van der Waals surface area contributed by atoms with Crippen LogP contribution < -0.4 is 5.32 Å². The number of fused-ring (bicyclic) bond motifs is 3. The van der Waals surface area contributed by atoms with E-state index in [0.717, 1.165) is 50.0 Å². The van der Waals surface area contributed by atoms with Gasteiger partial charge in [0.1, 0.15) is 11.6 Å². The third-order valence-electron chi connectivity index (χ3n) is 5.78. The lowest BCUT2D eigenvalue weighted by Gasteiger charge is -2.26. The standard InChI is InChI=1S/C24H16FN3OS/c1-13-19-20(18-7-4-12-30-18)21-22(16-5-2-3-6-17(16)23(21)29)26-24(19)28(27-13)15-10-8-14(25)9-11-15/h2-12,20,26H,1H3/t20-/m1/s1. The summed E-state index contributed by atoms with van der Waals surface area (Å²) < 4.78 is 15.3. The Balaban J connectivity index is 1.62. The first-order chi connectivity index (χ1) is 14.6. The van der Waals surface area contributed by atoms with Crippen LogP contribution in [0.5, 0.6) is 0 Å². The predicted octanol–water partition coefficient (Wildman–Crippen LogP) is 5.55. The largest absolute Gasteiger partial charge is 0.339 e. The lowest BCUT2D eigenvalue weighted by Crippen LogP contribution is -2.19. The molecule has 0 amide bonds. The molecule has 1 aliphatic heterocycles. The number of rotatable bonds is 2. The van der Waals surface area contributed by atoms with E-state index < -0.39 is 0 Å². The maximum Gasteiger partial charge on any atom is 0.192 e. The predicted molar refractivity (Wildman–Crippen MR) is 116 cm³/mol. The Bertz CT molecular complexity index is 1350. The molecular formula is C24H16FN3OS. The summed E-state index contributed by atoms with van der Waals surface area (Å²) in [7, 11) is 0. The number of aromatic nitrogens is 2. The van der Waals surface area contributed by atoms with Crippen LogP contribution in [0, 0.1) is 12.7 Å². The van der Waals surface area contributed by atoms with Crippen LogP contribution in [0.1, 0.15) is 38.0 Å². The van der Waals surface area contributed by atoms with E-state index in [4.69, 9.17) is 5.10 Å². The Kier molecular flexibility index (Phi) is 3.61. The summed E-state index contributed by atoms with van der Waals surface area (Å²) in [4.78, 5) is 14.5. The molecule has 2 aliphatic rings. The quantitative estimate of drug-likeness (QED) is 0.469. The molecule has 0 fully saturated rings. The van der Waals surface area contributed by atoms with Crippen molar-refractivity contribution in [2.24, 2.45) is 0 Å². The summed E-state index contributed by atoms with van der Waals surface area (Å²) >= 11 is 1.64. The van der Waals surface area contributed by atoms with Gasteiger partial charge in [0.2, 0.25) is 0 Å². The summed E-state index contributed by atoms with van der Waals surface area (Å²) in [6.45, 7) is 1.96. The fourth-order valence-electron chi connectivity index (χ4n) is 4.49. The normalized spacial score (nSPS) is 16.9. The molecule has 0 bridgehead atoms. The van der Waals surface area contributed by atoms with Crippen LogP contribution in [0.3, 0.4) is 0 Å². The first kappa shape index (κ1) is 17.4. The fourth-order valence-corrected chi connectivity index (χ4v) is 5.33. The van der Waals surface area contributed by atoms with E-state index in [1.54, 1.807) is 28.2 Å². The van der Waals surface area contributed by atoms with Crippen molar-refractivity contribution in [1.82, 2.24) is 9.78 Å². The number of benzene rings is 2. The van der Waals surface area contributed by atoms with Gasteiger partial charge in [0.25, 0.3) is 0 Å².